The third kappa shape index (κ3) is 3.21. The lowest BCUT2D eigenvalue weighted by Crippen LogP contribution is -2.05. The third-order valence-corrected chi connectivity index (χ3v) is 2.18. The molecule has 0 saturated heterocycles. The summed E-state index contributed by atoms with van der Waals surface area (Å²) in [6.45, 7) is 0.759. The topological polar surface area (TPSA) is 68.1 Å². The third-order valence-electron chi connectivity index (χ3n) is 1.57. The number of rotatable bonds is 5. The molecule has 0 saturated carbocycles. The Morgan fingerprint density at radius 1 is 1.71 bits per heavy atom. The van der Waals surface area contributed by atoms with E-state index < -0.39 is 4.92 Å². The van der Waals surface area contributed by atoms with Crippen molar-refractivity contribution in [2.45, 2.75) is 0 Å². The van der Waals surface area contributed by atoms with E-state index in [-0.39, 0.29) is 5.69 Å². The molecule has 6 heteroatoms. The fraction of sp³-hybridized carbons (Fsp3) is 0.375. The molecule has 1 aromatic rings. The molecule has 1 N–H and O–H groups in total. The molecular formula is C8H11N3O2S. The van der Waals surface area contributed by atoms with Gasteiger partial charge in [-0.15, -0.1) is 0 Å². The molecule has 0 unspecified atom stereocenters. The quantitative estimate of drug-likeness (QED) is 0.458. The first-order valence-electron chi connectivity index (χ1n) is 4.07. The van der Waals surface area contributed by atoms with Crippen LogP contribution in [0.5, 0.6) is 0 Å². The number of hydrogen-bond donors (Lipinski definition) is 1. The second-order valence-corrected chi connectivity index (χ2v) is 3.56. The van der Waals surface area contributed by atoms with Gasteiger partial charge in [-0.1, -0.05) is 0 Å². The maximum absolute atomic E-state index is 10.4. The van der Waals surface area contributed by atoms with E-state index in [2.05, 4.69) is 10.3 Å². The van der Waals surface area contributed by atoms with E-state index >= 15 is 0 Å². The van der Waals surface area contributed by atoms with E-state index in [1.54, 1.807) is 11.8 Å². The van der Waals surface area contributed by atoms with Gasteiger partial charge in [-0.2, -0.15) is 11.8 Å². The first-order valence-corrected chi connectivity index (χ1v) is 5.46. The molecule has 5 nitrogen and oxygen atoms in total. The summed E-state index contributed by atoms with van der Waals surface area (Å²) < 4.78 is 0. The van der Waals surface area contributed by atoms with Crippen LogP contribution in [0.2, 0.25) is 0 Å². The molecule has 0 atom stereocenters. The Balaban J connectivity index is 2.59. The van der Waals surface area contributed by atoms with Crippen LogP contribution in [0.1, 0.15) is 0 Å². The standard InChI is InChI=1S/C8H11N3O2S/c1-14-5-4-10-8-6-7(11(12)13)2-3-9-8/h2-3,6H,4-5H2,1H3,(H,9,10). The van der Waals surface area contributed by atoms with Crippen LogP contribution < -0.4 is 5.32 Å². The molecule has 0 aromatic carbocycles. The van der Waals surface area contributed by atoms with Crippen molar-refractivity contribution in [1.82, 2.24) is 4.98 Å². The van der Waals surface area contributed by atoms with Crippen LogP contribution in [0.4, 0.5) is 11.5 Å². The SMILES string of the molecule is CSCCNc1cc([N+](=O)[O-])ccn1. The Morgan fingerprint density at radius 2 is 2.50 bits per heavy atom. The predicted octanol–water partition coefficient (Wildman–Crippen LogP) is 1.76. The lowest BCUT2D eigenvalue weighted by molar-refractivity contribution is -0.384. The minimum Gasteiger partial charge on any atom is -0.369 e. The van der Waals surface area contributed by atoms with E-state index in [4.69, 9.17) is 0 Å². The lowest BCUT2D eigenvalue weighted by Gasteiger charge is -2.02. The Bertz CT molecular complexity index is 319. The van der Waals surface area contributed by atoms with Crippen molar-refractivity contribution in [3.05, 3.63) is 28.4 Å². The zero-order valence-corrected chi connectivity index (χ0v) is 8.58. The minimum absolute atomic E-state index is 0.0617. The summed E-state index contributed by atoms with van der Waals surface area (Å²) in [5.74, 6) is 1.50. The number of pyridine rings is 1. The van der Waals surface area contributed by atoms with Crippen LogP contribution in [0, 0.1) is 10.1 Å². The summed E-state index contributed by atoms with van der Waals surface area (Å²) in [7, 11) is 0. The maximum Gasteiger partial charge on any atom is 0.274 e. The molecule has 0 spiro atoms. The van der Waals surface area contributed by atoms with Crippen LogP contribution in [-0.4, -0.2) is 28.5 Å². The van der Waals surface area contributed by atoms with Gasteiger partial charge in [0.05, 0.1) is 11.0 Å². The number of thioether (sulfide) groups is 1. The largest absolute Gasteiger partial charge is 0.369 e. The monoisotopic (exact) mass is 213 g/mol. The first-order chi connectivity index (χ1) is 6.74. The van der Waals surface area contributed by atoms with Gasteiger partial charge in [0.15, 0.2) is 0 Å². The van der Waals surface area contributed by atoms with Crippen molar-refractivity contribution < 1.29 is 4.92 Å². The van der Waals surface area contributed by atoms with Crippen molar-refractivity contribution in [3.63, 3.8) is 0 Å². The zero-order valence-electron chi connectivity index (χ0n) is 7.77. The van der Waals surface area contributed by atoms with Crippen molar-refractivity contribution >= 4 is 23.3 Å². The van der Waals surface area contributed by atoms with Crippen molar-refractivity contribution in [1.29, 1.82) is 0 Å². The number of anilines is 1. The smallest absolute Gasteiger partial charge is 0.274 e. The molecule has 0 aliphatic rings. The summed E-state index contributed by atoms with van der Waals surface area (Å²) in [5.41, 5.74) is 0.0617. The Labute approximate surface area is 86.1 Å². The molecule has 0 radical (unpaired) electrons. The van der Waals surface area contributed by atoms with E-state index in [9.17, 15) is 10.1 Å². The lowest BCUT2D eigenvalue weighted by atomic mass is 10.4. The highest BCUT2D eigenvalue weighted by molar-refractivity contribution is 7.98. The molecule has 0 bridgehead atoms. The first kappa shape index (κ1) is 10.8. The molecule has 0 amide bonds. The number of nitrogens with one attached hydrogen (secondary N) is 1. The van der Waals surface area contributed by atoms with Gasteiger partial charge in [0.1, 0.15) is 5.82 Å². The Morgan fingerprint density at radius 3 is 3.14 bits per heavy atom. The van der Waals surface area contributed by atoms with Gasteiger partial charge in [-0.25, -0.2) is 4.98 Å². The highest BCUT2D eigenvalue weighted by Crippen LogP contribution is 2.13. The average Bonchev–Trinajstić information content (AvgIpc) is 2.19. The summed E-state index contributed by atoms with van der Waals surface area (Å²) in [6, 6.07) is 2.81. The Kier molecular flexibility index (Phi) is 4.18. The highest BCUT2D eigenvalue weighted by Gasteiger charge is 2.05. The normalized spacial score (nSPS) is 9.79. The van der Waals surface area contributed by atoms with Crippen LogP contribution >= 0.6 is 11.8 Å². The van der Waals surface area contributed by atoms with Crippen molar-refractivity contribution in [2.75, 3.05) is 23.9 Å². The molecule has 0 aliphatic carbocycles. The predicted molar refractivity (Wildman–Crippen MR) is 57.8 cm³/mol. The van der Waals surface area contributed by atoms with Gasteiger partial charge < -0.3 is 5.32 Å². The zero-order chi connectivity index (χ0) is 10.4. The molecule has 0 aliphatic heterocycles. The Hall–Kier alpha value is -1.30. The van der Waals surface area contributed by atoms with Gasteiger partial charge in [-0.05, 0) is 6.26 Å². The van der Waals surface area contributed by atoms with Crippen LogP contribution in [0.3, 0.4) is 0 Å². The van der Waals surface area contributed by atoms with E-state index in [1.807, 2.05) is 6.26 Å². The van der Waals surface area contributed by atoms with E-state index in [0.29, 0.717) is 5.82 Å². The molecular weight excluding hydrogens is 202 g/mol. The summed E-state index contributed by atoms with van der Waals surface area (Å²) in [5, 5.41) is 13.4. The summed E-state index contributed by atoms with van der Waals surface area (Å²) in [4.78, 5) is 14.0. The average molecular weight is 213 g/mol. The van der Waals surface area contributed by atoms with Crippen molar-refractivity contribution in [3.8, 4) is 0 Å². The van der Waals surface area contributed by atoms with Gasteiger partial charge >= 0.3 is 0 Å². The van der Waals surface area contributed by atoms with Gasteiger partial charge in [-0.3, -0.25) is 10.1 Å². The number of nitrogens with zero attached hydrogens (tertiary/aromatic N) is 2. The fourth-order valence-corrected chi connectivity index (χ4v) is 1.22. The number of nitro groups is 1. The number of hydrogen-bond acceptors (Lipinski definition) is 5. The number of aromatic nitrogens is 1. The summed E-state index contributed by atoms with van der Waals surface area (Å²) in [6.07, 6.45) is 3.43. The van der Waals surface area contributed by atoms with E-state index in [0.717, 1.165) is 12.3 Å². The molecule has 0 fully saturated rings. The second kappa shape index (κ2) is 5.43. The van der Waals surface area contributed by atoms with Gasteiger partial charge in [0.2, 0.25) is 0 Å². The molecule has 1 aromatic heterocycles. The second-order valence-electron chi connectivity index (χ2n) is 2.58. The van der Waals surface area contributed by atoms with Crippen molar-refractivity contribution in [2.24, 2.45) is 0 Å². The van der Waals surface area contributed by atoms with Crippen LogP contribution in [-0.2, 0) is 0 Å². The highest BCUT2D eigenvalue weighted by atomic mass is 32.2. The molecule has 1 heterocycles. The van der Waals surface area contributed by atoms with Gasteiger partial charge in [0.25, 0.3) is 5.69 Å². The minimum atomic E-state index is -0.429. The summed E-state index contributed by atoms with van der Waals surface area (Å²) >= 11 is 1.71. The molecule has 1 rings (SSSR count). The van der Waals surface area contributed by atoms with Crippen LogP contribution in [0.25, 0.3) is 0 Å². The fourth-order valence-electron chi connectivity index (χ4n) is 0.911. The molecule has 76 valence electrons. The van der Waals surface area contributed by atoms with Gasteiger partial charge in [0, 0.05) is 24.6 Å². The maximum atomic E-state index is 10.4. The molecule has 14 heavy (non-hydrogen) atoms. The van der Waals surface area contributed by atoms with Crippen LogP contribution in [0.15, 0.2) is 18.3 Å². The van der Waals surface area contributed by atoms with E-state index in [1.165, 1.54) is 18.3 Å².